The summed E-state index contributed by atoms with van der Waals surface area (Å²) in [5.74, 6) is -0.571. The first-order valence-electron chi connectivity index (χ1n) is 9.51. The number of nitrogens with one attached hydrogen (secondary N) is 1. The van der Waals surface area contributed by atoms with Crippen molar-refractivity contribution >= 4 is 34.3 Å². The molecule has 1 saturated heterocycles. The minimum Gasteiger partial charge on any atom is -0.381 e. The van der Waals surface area contributed by atoms with Gasteiger partial charge in [-0.3, -0.25) is 14.3 Å². The van der Waals surface area contributed by atoms with Crippen molar-refractivity contribution in [3.8, 4) is 0 Å². The van der Waals surface area contributed by atoms with Gasteiger partial charge in [-0.25, -0.2) is 0 Å². The summed E-state index contributed by atoms with van der Waals surface area (Å²) in [5, 5.41) is 8.50. The fraction of sp³-hybridized carbons (Fsp3) is 0.550. The molecule has 152 valence electrons. The zero-order chi connectivity index (χ0) is 20.5. The summed E-state index contributed by atoms with van der Waals surface area (Å²) < 4.78 is 7.28. The molecule has 1 unspecified atom stereocenters. The SMILES string of the molecule is CC(C)(C)C(NC(=O)c1nn(CC2CCOCC2)c2ccc(Cl)cc12)C(N)=O. The van der Waals surface area contributed by atoms with Crippen LogP contribution < -0.4 is 11.1 Å². The Labute approximate surface area is 169 Å². The van der Waals surface area contributed by atoms with Crippen molar-refractivity contribution < 1.29 is 14.3 Å². The van der Waals surface area contributed by atoms with Crippen LogP contribution in [0.15, 0.2) is 18.2 Å². The number of benzene rings is 1. The first-order chi connectivity index (χ1) is 13.2. The predicted octanol–water partition coefficient (Wildman–Crippen LogP) is 2.75. The predicted molar refractivity (Wildman–Crippen MR) is 108 cm³/mol. The number of primary amides is 1. The first kappa shape index (κ1) is 20.6. The van der Waals surface area contributed by atoms with Crippen LogP contribution >= 0.6 is 11.6 Å². The summed E-state index contributed by atoms with van der Waals surface area (Å²) in [6, 6.07) is 4.58. The molecule has 0 bridgehead atoms. The van der Waals surface area contributed by atoms with E-state index in [-0.39, 0.29) is 5.69 Å². The van der Waals surface area contributed by atoms with Crippen molar-refractivity contribution in [1.29, 1.82) is 0 Å². The molecular formula is C20H27ClN4O3. The Morgan fingerprint density at radius 2 is 2.04 bits per heavy atom. The normalized spacial score (nSPS) is 16.9. The van der Waals surface area contributed by atoms with Gasteiger partial charge in [0.1, 0.15) is 6.04 Å². The lowest BCUT2D eigenvalue weighted by molar-refractivity contribution is -0.122. The average Bonchev–Trinajstić information content (AvgIpc) is 2.96. The minimum absolute atomic E-state index is 0.250. The number of rotatable bonds is 5. The quantitative estimate of drug-likeness (QED) is 0.797. The number of aromatic nitrogens is 2. The zero-order valence-electron chi connectivity index (χ0n) is 16.5. The first-order valence-corrected chi connectivity index (χ1v) is 9.88. The number of fused-ring (bicyclic) bond motifs is 1. The number of amides is 2. The zero-order valence-corrected chi connectivity index (χ0v) is 17.3. The summed E-state index contributed by atoms with van der Waals surface area (Å²) in [6.45, 7) is 7.74. The van der Waals surface area contributed by atoms with Gasteiger partial charge in [0.25, 0.3) is 5.91 Å². The number of hydrogen-bond donors (Lipinski definition) is 2. The van der Waals surface area contributed by atoms with Crippen molar-refractivity contribution in [3.05, 3.63) is 28.9 Å². The number of nitrogens with two attached hydrogens (primary N) is 1. The maximum absolute atomic E-state index is 13.0. The highest BCUT2D eigenvalue weighted by Crippen LogP contribution is 2.26. The van der Waals surface area contributed by atoms with E-state index in [4.69, 9.17) is 22.1 Å². The molecule has 28 heavy (non-hydrogen) atoms. The number of carbonyl (C=O) groups excluding carboxylic acids is 2. The van der Waals surface area contributed by atoms with Gasteiger partial charge in [0.05, 0.1) is 5.52 Å². The summed E-state index contributed by atoms with van der Waals surface area (Å²) in [6.07, 6.45) is 1.93. The van der Waals surface area contributed by atoms with Crippen LogP contribution in [0.5, 0.6) is 0 Å². The highest BCUT2D eigenvalue weighted by atomic mass is 35.5. The number of ether oxygens (including phenoxy) is 1. The number of halogens is 1. The van der Waals surface area contributed by atoms with Crippen molar-refractivity contribution in [2.45, 2.75) is 46.2 Å². The van der Waals surface area contributed by atoms with Crippen LogP contribution in [0.2, 0.25) is 5.02 Å². The van der Waals surface area contributed by atoms with Gasteiger partial charge in [-0.05, 0) is 42.4 Å². The molecule has 1 aliphatic heterocycles. The van der Waals surface area contributed by atoms with Crippen LogP contribution in [0.25, 0.3) is 10.9 Å². The van der Waals surface area contributed by atoms with E-state index >= 15 is 0 Å². The molecule has 3 N–H and O–H groups in total. The van der Waals surface area contributed by atoms with Crippen LogP contribution in [-0.2, 0) is 16.1 Å². The van der Waals surface area contributed by atoms with Gasteiger partial charge in [0, 0.05) is 30.2 Å². The fourth-order valence-electron chi connectivity index (χ4n) is 3.55. The van der Waals surface area contributed by atoms with Crippen LogP contribution in [0.1, 0.15) is 44.1 Å². The van der Waals surface area contributed by atoms with Gasteiger partial charge >= 0.3 is 0 Å². The molecule has 1 aliphatic rings. The maximum Gasteiger partial charge on any atom is 0.273 e. The number of carbonyl (C=O) groups is 2. The van der Waals surface area contributed by atoms with E-state index in [1.165, 1.54) is 0 Å². The van der Waals surface area contributed by atoms with Gasteiger partial charge in [0.15, 0.2) is 5.69 Å². The molecule has 7 nitrogen and oxygen atoms in total. The Kier molecular flexibility index (Phi) is 5.95. The summed E-state index contributed by atoms with van der Waals surface area (Å²) in [7, 11) is 0. The van der Waals surface area contributed by atoms with E-state index < -0.39 is 23.3 Å². The third-order valence-electron chi connectivity index (χ3n) is 5.13. The van der Waals surface area contributed by atoms with Gasteiger partial charge in [-0.2, -0.15) is 5.10 Å². The maximum atomic E-state index is 13.0. The highest BCUT2D eigenvalue weighted by molar-refractivity contribution is 6.31. The summed E-state index contributed by atoms with van der Waals surface area (Å²) in [4.78, 5) is 24.8. The third-order valence-corrected chi connectivity index (χ3v) is 5.36. The second-order valence-electron chi connectivity index (χ2n) is 8.42. The summed E-state index contributed by atoms with van der Waals surface area (Å²) >= 11 is 6.17. The molecule has 0 aliphatic carbocycles. The smallest absolute Gasteiger partial charge is 0.273 e. The van der Waals surface area contributed by atoms with E-state index in [0.717, 1.165) is 31.6 Å². The molecule has 0 radical (unpaired) electrons. The summed E-state index contributed by atoms with van der Waals surface area (Å²) in [5.41, 5.74) is 6.08. The molecule has 8 heteroatoms. The Balaban J connectivity index is 1.94. The van der Waals surface area contributed by atoms with Crippen LogP contribution in [0.4, 0.5) is 0 Å². The molecule has 0 spiro atoms. The Hall–Kier alpha value is -2.12. The molecule has 0 saturated carbocycles. The molecule has 3 rings (SSSR count). The van der Waals surface area contributed by atoms with Gasteiger partial charge in [0.2, 0.25) is 5.91 Å². The number of nitrogens with zero attached hydrogens (tertiary/aromatic N) is 2. The topological polar surface area (TPSA) is 99.2 Å². The van der Waals surface area contributed by atoms with E-state index in [2.05, 4.69) is 10.4 Å². The highest BCUT2D eigenvalue weighted by Gasteiger charge is 2.32. The lowest BCUT2D eigenvalue weighted by Crippen LogP contribution is -2.52. The van der Waals surface area contributed by atoms with E-state index in [0.29, 0.717) is 22.9 Å². The monoisotopic (exact) mass is 406 g/mol. The van der Waals surface area contributed by atoms with E-state index in [9.17, 15) is 9.59 Å². The average molecular weight is 407 g/mol. The Morgan fingerprint density at radius 3 is 2.64 bits per heavy atom. The standard InChI is InChI=1S/C20H27ClN4O3/c1-20(2,3)17(18(22)26)23-19(27)16-14-10-13(21)4-5-15(14)25(24-16)11-12-6-8-28-9-7-12/h4-5,10,12,17H,6-9,11H2,1-3H3,(H2,22,26)(H,23,27). The molecule has 1 atom stereocenters. The molecule has 2 heterocycles. The lowest BCUT2D eigenvalue weighted by Gasteiger charge is -2.28. The van der Waals surface area contributed by atoms with Crippen molar-refractivity contribution in [2.24, 2.45) is 17.1 Å². The second-order valence-corrected chi connectivity index (χ2v) is 8.86. The molecule has 2 aromatic rings. The molecular weight excluding hydrogens is 380 g/mol. The fourth-order valence-corrected chi connectivity index (χ4v) is 3.72. The van der Waals surface area contributed by atoms with Crippen molar-refractivity contribution in [1.82, 2.24) is 15.1 Å². The minimum atomic E-state index is -0.810. The Bertz CT molecular complexity index is 881. The molecule has 1 aromatic carbocycles. The largest absolute Gasteiger partial charge is 0.381 e. The molecule has 1 fully saturated rings. The van der Waals surface area contributed by atoms with Crippen LogP contribution in [0, 0.1) is 11.3 Å². The van der Waals surface area contributed by atoms with Crippen molar-refractivity contribution in [2.75, 3.05) is 13.2 Å². The van der Waals surface area contributed by atoms with Crippen LogP contribution in [0.3, 0.4) is 0 Å². The van der Waals surface area contributed by atoms with Gasteiger partial charge in [-0.1, -0.05) is 32.4 Å². The van der Waals surface area contributed by atoms with E-state index in [1.807, 2.05) is 31.5 Å². The van der Waals surface area contributed by atoms with Gasteiger partial charge in [-0.15, -0.1) is 0 Å². The van der Waals surface area contributed by atoms with E-state index in [1.54, 1.807) is 12.1 Å². The number of hydrogen-bond acceptors (Lipinski definition) is 4. The Morgan fingerprint density at radius 1 is 1.36 bits per heavy atom. The molecule has 2 amide bonds. The second kappa shape index (κ2) is 8.09. The van der Waals surface area contributed by atoms with Crippen LogP contribution in [-0.4, -0.2) is 40.9 Å². The lowest BCUT2D eigenvalue weighted by atomic mass is 9.86. The third kappa shape index (κ3) is 4.47. The van der Waals surface area contributed by atoms with Gasteiger partial charge < -0.3 is 15.8 Å². The van der Waals surface area contributed by atoms with Crippen molar-refractivity contribution in [3.63, 3.8) is 0 Å². The molecule has 1 aromatic heterocycles.